The number of hydrogen-bond donors (Lipinski definition) is 0. The summed E-state index contributed by atoms with van der Waals surface area (Å²) in [5, 5.41) is 1.20. The Balaban J connectivity index is 1.54. The van der Waals surface area contributed by atoms with Gasteiger partial charge in [0.25, 0.3) is 0 Å². The standard InChI is InChI=1S/C23H16Cl2N2O2/c1-28-19-6-2-4-16(12-19)23-27-21-14-18(9-10-22(21)29-23)26-11-3-5-15-7-8-17(24)13-20(15)25/h2-14H,1H3. The Hall–Kier alpha value is -3.08. The van der Waals surface area contributed by atoms with E-state index in [0.717, 1.165) is 28.1 Å². The van der Waals surface area contributed by atoms with Crippen molar-refractivity contribution in [2.24, 2.45) is 4.99 Å². The van der Waals surface area contributed by atoms with E-state index in [2.05, 4.69) is 9.98 Å². The van der Waals surface area contributed by atoms with E-state index in [9.17, 15) is 0 Å². The second-order valence-electron chi connectivity index (χ2n) is 6.21. The molecular formula is C23H16Cl2N2O2. The van der Waals surface area contributed by atoms with Crippen molar-refractivity contribution in [3.05, 3.63) is 82.3 Å². The van der Waals surface area contributed by atoms with Crippen molar-refractivity contribution >= 4 is 52.3 Å². The van der Waals surface area contributed by atoms with E-state index in [0.29, 0.717) is 21.5 Å². The number of nitrogens with zero attached hydrogens (tertiary/aromatic N) is 2. The van der Waals surface area contributed by atoms with Crippen LogP contribution in [0.2, 0.25) is 10.0 Å². The van der Waals surface area contributed by atoms with E-state index >= 15 is 0 Å². The Morgan fingerprint density at radius 3 is 2.76 bits per heavy atom. The SMILES string of the molecule is COc1cccc(-c2nc3cc(N=CC=Cc4ccc(Cl)cc4Cl)ccc3o2)c1. The molecule has 0 spiro atoms. The zero-order valence-corrected chi connectivity index (χ0v) is 17.0. The van der Waals surface area contributed by atoms with E-state index in [1.165, 1.54) is 0 Å². The summed E-state index contributed by atoms with van der Waals surface area (Å²) in [5.41, 5.74) is 3.94. The molecule has 4 nitrogen and oxygen atoms in total. The number of methoxy groups -OCH3 is 1. The van der Waals surface area contributed by atoms with Crippen molar-refractivity contribution in [2.75, 3.05) is 7.11 Å². The van der Waals surface area contributed by atoms with Gasteiger partial charge in [-0.05, 0) is 60.2 Å². The molecule has 0 amide bonds. The molecule has 0 radical (unpaired) electrons. The number of hydrogen-bond acceptors (Lipinski definition) is 4. The topological polar surface area (TPSA) is 47.6 Å². The van der Waals surface area contributed by atoms with Crippen LogP contribution >= 0.6 is 23.2 Å². The molecule has 0 atom stereocenters. The number of benzene rings is 3. The van der Waals surface area contributed by atoms with Crippen molar-refractivity contribution in [2.45, 2.75) is 0 Å². The minimum atomic E-state index is 0.539. The summed E-state index contributed by atoms with van der Waals surface area (Å²) in [6.45, 7) is 0. The van der Waals surface area contributed by atoms with Crippen molar-refractivity contribution in [1.29, 1.82) is 0 Å². The minimum Gasteiger partial charge on any atom is -0.497 e. The van der Waals surface area contributed by atoms with Crippen LogP contribution in [0.4, 0.5) is 5.69 Å². The van der Waals surface area contributed by atoms with Crippen molar-refractivity contribution in [3.63, 3.8) is 0 Å². The van der Waals surface area contributed by atoms with Crippen molar-refractivity contribution in [3.8, 4) is 17.2 Å². The van der Waals surface area contributed by atoms with Gasteiger partial charge < -0.3 is 9.15 Å². The van der Waals surface area contributed by atoms with Crippen molar-refractivity contribution in [1.82, 2.24) is 4.98 Å². The quantitative estimate of drug-likeness (QED) is 0.318. The smallest absolute Gasteiger partial charge is 0.227 e. The second-order valence-corrected chi connectivity index (χ2v) is 7.05. The molecule has 4 aromatic rings. The number of rotatable bonds is 5. The summed E-state index contributed by atoms with van der Waals surface area (Å²) in [4.78, 5) is 9.02. The van der Waals surface area contributed by atoms with E-state index < -0.39 is 0 Å². The van der Waals surface area contributed by atoms with Crippen LogP contribution in [0.15, 0.2) is 76.1 Å². The van der Waals surface area contributed by atoms with Gasteiger partial charge in [-0.1, -0.05) is 41.4 Å². The molecule has 144 valence electrons. The van der Waals surface area contributed by atoms with Gasteiger partial charge in [0.1, 0.15) is 11.3 Å². The summed E-state index contributed by atoms with van der Waals surface area (Å²) in [5.74, 6) is 1.29. The first kappa shape index (κ1) is 19.2. The van der Waals surface area contributed by atoms with Crippen LogP contribution < -0.4 is 4.74 Å². The molecule has 0 aliphatic rings. The number of ether oxygens (including phenoxy) is 1. The molecule has 0 fully saturated rings. The first-order valence-corrected chi connectivity index (χ1v) is 9.59. The van der Waals surface area contributed by atoms with Crippen LogP contribution in [0.5, 0.6) is 5.75 Å². The maximum Gasteiger partial charge on any atom is 0.227 e. The van der Waals surface area contributed by atoms with Crippen LogP contribution in [0.3, 0.4) is 0 Å². The van der Waals surface area contributed by atoms with Gasteiger partial charge in [-0.25, -0.2) is 4.98 Å². The van der Waals surface area contributed by atoms with Crippen LogP contribution in [0.1, 0.15) is 5.56 Å². The Labute approximate surface area is 178 Å². The van der Waals surface area contributed by atoms with Gasteiger partial charge in [-0.15, -0.1) is 0 Å². The van der Waals surface area contributed by atoms with E-state index in [1.54, 1.807) is 25.5 Å². The highest BCUT2D eigenvalue weighted by Gasteiger charge is 2.09. The first-order chi connectivity index (χ1) is 14.1. The van der Waals surface area contributed by atoms with Gasteiger partial charge in [0.15, 0.2) is 5.58 Å². The average Bonchev–Trinajstić information content (AvgIpc) is 3.16. The summed E-state index contributed by atoms with van der Waals surface area (Å²) in [7, 11) is 1.63. The molecule has 0 aliphatic carbocycles. The fourth-order valence-corrected chi connectivity index (χ4v) is 3.26. The van der Waals surface area contributed by atoms with Crippen LogP contribution in [-0.2, 0) is 0 Å². The van der Waals surface area contributed by atoms with Crippen LogP contribution in [0, 0.1) is 0 Å². The van der Waals surface area contributed by atoms with Gasteiger partial charge in [0, 0.05) is 21.8 Å². The number of aromatic nitrogens is 1. The zero-order chi connectivity index (χ0) is 20.2. The normalized spacial score (nSPS) is 11.7. The molecule has 0 bridgehead atoms. The Morgan fingerprint density at radius 1 is 1.03 bits per heavy atom. The third-order valence-electron chi connectivity index (χ3n) is 4.24. The van der Waals surface area contributed by atoms with Crippen molar-refractivity contribution < 1.29 is 9.15 Å². The summed E-state index contributed by atoms with van der Waals surface area (Å²) in [6, 6.07) is 18.6. The summed E-state index contributed by atoms with van der Waals surface area (Å²) >= 11 is 12.1. The third-order valence-corrected chi connectivity index (χ3v) is 4.80. The van der Waals surface area contributed by atoms with E-state index in [4.69, 9.17) is 32.4 Å². The Kier molecular flexibility index (Phi) is 5.65. The third kappa shape index (κ3) is 4.50. The zero-order valence-electron chi connectivity index (χ0n) is 15.5. The Bertz CT molecular complexity index is 1230. The summed E-state index contributed by atoms with van der Waals surface area (Å²) < 4.78 is 11.1. The maximum absolute atomic E-state index is 6.16. The van der Waals surface area contributed by atoms with Gasteiger partial charge in [0.2, 0.25) is 5.89 Å². The highest BCUT2D eigenvalue weighted by molar-refractivity contribution is 6.35. The molecular weight excluding hydrogens is 407 g/mol. The lowest BCUT2D eigenvalue weighted by molar-refractivity contribution is 0.415. The number of halogens is 2. The average molecular weight is 423 g/mol. The molecule has 3 aromatic carbocycles. The van der Waals surface area contributed by atoms with Gasteiger partial charge in [-0.2, -0.15) is 0 Å². The van der Waals surface area contributed by atoms with E-state index in [-0.39, 0.29) is 0 Å². The van der Waals surface area contributed by atoms with Crippen LogP contribution in [0.25, 0.3) is 28.6 Å². The lowest BCUT2D eigenvalue weighted by atomic mass is 10.2. The maximum atomic E-state index is 6.16. The molecule has 29 heavy (non-hydrogen) atoms. The highest BCUT2D eigenvalue weighted by atomic mass is 35.5. The largest absolute Gasteiger partial charge is 0.497 e. The number of allylic oxidation sites excluding steroid dienone is 1. The fourth-order valence-electron chi connectivity index (χ4n) is 2.79. The molecule has 0 saturated heterocycles. The van der Waals surface area contributed by atoms with E-state index in [1.807, 2.05) is 60.7 Å². The predicted octanol–water partition coefficient (Wildman–Crippen LogP) is 7.23. The molecule has 1 heterocycles. The molecule has 0 aliphatic heterocycles. The van der Waals surface area contributed by atoms with Gasteiger partial charge in [-0.3, -0.25) is 4.99 Å². The lowest BCUT2D eigenvalue weighted by Gasteiger charge is -2.00. The first-order valence-electron chi connectivity index (χ1n) is 8.83. The minimum absolute atomic E-state index is 0.539. The molecule has 0 saturated carbocycles. The highest BCUT2D eigenvalue weighted by Crippen LogP contribution is 2.29. The monoisotopic (exact) mass is 422 g/mol. The number of fused-ring (bicyclic) bond motifs is 1. The molecule has 1 aromatic heterocycles. The number of oxazole rings is 1. The number of aliphatic imine (C=N–C) groups is 1. The predicted molar refractivity (Wildman–Crippen MR) is 120 cm³/mol. The second kappa shape index (κ2) is 8.52. The van der Waals surface area contributed by atoms with Gasteiger partial charge >= 0.3 is 0 Å². The lowest BCUT2D eigenvalue weighted by Crippen LogP contribution is -1.83. The fraction of sp³-hybridized carbons (Fsp3) is 0.0435. The molecule has 6 heteroatoms. The molecule has 0 N–H and O–H groups in total. The molecule has 0 unspecified atom stereocenters. The van der Waals surface area contributed by atoms with Crippen LogP contribution in [-0.4, -0.2) is 18.3 Å². The molecule has 4 rings (SSSR count). The Morgan fingerprint density at radius 2 is 1.93 bits per heavy atom. The summed E-state index contributed by atoms with van der Waals surface area (Å²) in [6.07, 6.45) is 5.40. The van der Waals surface area contributed by atoms with Gasteiger partial charge in [0.05, 0.1) is 12.8 Å².